The van der Waals surface area contributed by atoms with Crippen LogP contribution in [0.3, 0.4) is 0 Å². The quantitative estimate of drug-likeness (QED) is 0.451. The summed E-state index contributed by atoms with van der Waals surface area (Å²) in [4.78, 5) is 13.2. The SMILES string of the molecule is O=C1C[C@H]2O[C@H](Cn3cc(nn3)CCn3nnc1c3-c1ccc(Cl)cc1)[C@@H](O)[C@H](O)[C@H]2O. The Hall–Kier alpha value is -2.70. The topological polar surface area (TPSA) is 148 Å². The van der Waals surface area contributed by atoms with Gasteiger partial charge in [0.15, 0.2) is 11.5 Å². The number of aromatic nitrogens is 6. The second-order valence-electron chi connectivity index (χ2n) is 8.01. The number of carbonyl (C=O) groups excluding carboxylic acids is 1. The molecule has 3 aromatic rings. The third-order valence-corrected chi connectivity index (χ3v) is 6.10. The number of rotatable bonds is 1. The highest BCUT2D eigenvalue weighted by molar-refractivity contribution is 6.30. The van der Waals surface area contributed by atoms with Crippen molar-refractivity contribution in [2.75, 3.05) is 0 Å². The van der Waals surface area contributed by atoms with Crippen LogP contribution in [0.2, 0.25) is 5.02 Å². The molecule has 0 aliphatic carbocycles. The van der Waals surface area contributed by atoms with Gasteiger partial charge in [0, 0.05) is 36.2 Å². The predicted octanol–water partition coefficient (Wildman–Crippen LogP) is -0.131. The molecule has 5 rings (SSSR count). The molecule has 11 nitrogen and oxygen atoms in total. The molecule has 4 heterocycles. The van der Waals surface area contributed by atoms with Crippen LogP contribution in [0.15, 0.2) is 30.5 Å². The molecular formula is C20H21ClN6O5. The van der Waals surface area contributed by atoms with Crippen molar-refractivity contribution in [3.8, 4) is 11.3 Å². The summed E-state index contributed by atoms with van der Waals surface area (Å²) in [6.45, 7) is 0.518. The minimum Gasteiger partial charge on any atom is -0.388 e. The van der Waals surface area contributed by atoms with E-state index in [0.717, 1.165) is 0 Å². The van der Waals surface area contributed by atoms with Crippen LogP contribution in [0.25, 0.3) is 11.3 Å². The summed E-state index contributed by atoms with van der Waals surface area (Å²) >= 11 is 6.02. The van der Waals surface area contributed by atoms with E-state index in [4.69, 9.17) is 16.3 Å². The fourth-order valence-electron chi connectivity index (χ4n) is 4.12. The van der Waals surface area contributed by atoms with Crippen molar-refractivity contribution in [2.24, 2.45) is 0 Å². The first kappa shape index (κ1) is 21.2. The maximum atomic E-state index is 13.2. The number of Topliss-reactive ketones (excluding diaryl/α,β-unsaturated/α-hetero) is 1. The van der Waals surface area contributed by atoms with Gasteiger partial charge < -0.3 is 20.1 Å². The van der Waals surface area contributed by atoms with Gasteiger partial charge in [0.05, 0.1) is 24.0 Å². The monoisotopic (exact) mass is 460 g/mol. The van der Waals surface area contributed by atoms with Crippen LogP contribution in [0.5, 0.6) is 0 Å². The fourth-order valence-corrected chi connectivity index (χ4v) is 4.25. The molecule has 5 atom stereocenters. The number of fused-ring (bicyclic) bond motifs is 6. The first-order valence-corrected chi connectivity index (χ1v) is 10.6. The van der Waals surface area contributed by atoms with E-state index in [0.29, 0.717) is 34.9 Å². The zero-order valence-electron chi connectivity index (χ0n) is 16.8. The molecule has 2 aliphatic rings. The van der Waals surface area contributed by atoms with Gasteiger partial charge in [-0.15, -0.1) is 10.2 Å². The van der Waals surface area contributed by atoms with Gasteiger partial charge in [0.1, 0.15) is 24.4 Å². The van der Waals surface area contributed by atoms with Gasteiger partial charge in [-0.05, 0) is 12.1 Å². The molecule has 0 spiro atoms. The van der Waals surface area contributed by atoms with Crippen molar-refractivity contribution in [1.82, 2.24) is 30.0 Å². The molecule has 2 aromatic heterocycles. The van der Waals surface area contributed by atoms with E-state index in [2.05, 4.69) is 20.6 Å². The van der Waals surface area contributed by atoms with E-state index in [-0.39, 0.29) is 18.7 Å². The van der Waals surface area contributed by atoms with Gasteiger partial charge in [-0.1, -0.05) is 34.2 Å². The number of aliphatic hydroxyl groups is 3. The maximum absolute atomic E-state index is 13.2. The number of nitrogens with zero attached hydrogens (tertiary/aromatic N) is 6. The van der Waals surface area contributed by atoms with E-state index >= 15 is 0 Å². The number of hydrogen-bond donors (Lipinski definition) is 3. The van der Waals surface area contributed by atoms with Gasteiger partial charge >= 0.3 is 0 Å². The van der Waals surface area contributed by atoms with Gasteiger partial charge in [0.25, 0.3) is 0 Å². The molecule has 12 heteroatoms. The number of carbonyl (C=O) groups is 1. The number of aryl methyl sites for hydroxylation is 2. The van der Waals surface area contributed by atoms with Crippen molar-refractivity contribution in [1.29, 1.82) is 0 Å². The lowest BCUT2D eigenvalue weighted by Gasteiger charge is -2.40. The van der Waals surface area contributed by atoms with Crippen LogP contribution < -0.4 is 0 Å². The number of halogens is 1. The molecule has 0 saturated carbocycles. The molecule has 0 amide bonds. The van der Waals surface area contributed by atoms with Crippen LogP contribution in [0, 0.1) is 0 Å². The molecule has 1 aromatic carbocycles. The smallest absolute Gasteiger partial charge is 0.188 e. The average molecular weight is 461 g/mol. The van der Waals surface area contributed by atoms with Crippen LogP contribution in [0.1, 0.15) is 22.6 Å². The zero-order valence-corrected chi connectivity index (χ0v) is 17.6. The van der Waals surface area contributed by atoms with Crippen LogP contribution >= 0.6 is 11.6 Å². The Balaban J connectivity index is 1.58. The molecule has 168 valence electrons. The van der Waals surface area contributed by atoms with Gasteiger partial charge in [-0.3, -0.25) is 4.79 Å². The summed E-state index contributed by atoms with van der Waals surface area (Å²) < 4.78 is 8.96. The highest BCUT2D eigenvalue weighted by atomic mass is 35.5. The number of benzene rings is 1. The highest BCUT2D eigenvalue weighted by Gasteiger charge is 2.45. The molecule has 0 unspecified atom stereocenters. The van der Waals surface area contributed by atoms with Crippen molar-refractivity contribution >= 4 is 17.4 Å². The molecule has 1 saturated heterocycles. The number of ether oxygens (including phenoxy) is 1. The molecular weight excluding hydrogens is 440 g/mol. The van der Waals surface area contributed by atoms with E-state index in [1.807, 2.05) is 0 Å². The Labute approximate surface area is 187 Å². The maximum Gasteiger partial charge on any atom is 0.188 e. The number of ketones is 1. The number of hydrogen-bond acceptors (Lipinski definition) is 9. The summed E-state index contributed by atoms with van der Waals surface area (Å²) in [5, 5.41) is 48.2. The number of aliphatic hydroxyl groups excluding tert-OH is 3. The summed E-state index contributed by atoms with van der Waals surface area (Å²) in [7, 11) is 0. The lowest BCUT2D eigenvalue weighted by atomic mass is 9.91. The summed E-state index contributed by atoms with van der Waals surface area (Å²) in [5.41, 5.74) is 2.02. The second-order valence-corrected chi connectivity index (χ2v) is 8.45. The van der Waals surface area contributed by atoms with Crippen LogP contribution in [0.4, 0.5) is 0 Å². The minimum absolute atomic E-state index is 0.111. The normalized spacial score (nSPS) is 28.4. The first-order valence-electron chi connectivity index (χ1n) is 10.2. The highest BCUT2D eigenvalue weighted by Crippen LogP contribution is 2.29. The van der Waals surface area contributed by atoms with Gasteiger partial charge in [-0.25, -0.2) is 9.36 Å². The molecule has 32 heavy (non-hydrogen) atoms. The van der Waals surface area contributed by atoms with Gasteiger partial charge in [-0.2, -0.15) is 0 Å². The van der Waals surface area contributed by atoms with E-state index in [1.165, 1.54) is 4.68 Å². The van der Waals surface area contributed by atoms with Crippen molar-refractivity contribution in [3.05, 3.63) is 46.9 Å². The van der Waals surface area contributed by atoms with E-state index in [9.17, 15) is 20.1 Å². The lowest BCUT2D eigenvalue weighted by molar-refractivity contribution is -0.224. The predicted molar refractivity (Wildman–Crippen MR) is 110 cm³/mol. The zero-order chi connectivity index (χ0) is 22.4. The summed E-state index contributed by atoms with van der Waals surface area (Å²) in [6.07, 6.45) is -4.23. The standard InChI is InChI=1S/C20H21ClN6O5/c21-11-3-1-10(2-4-11)17-16-13(28)7-14-18(29)20(31)19(30)15(32-14)9-26-8-12(22-24-26)5-6-27(17)25-23-16/h1-4,8,14-15,18-20,29-31H,5-7,9H2/t14-,15-,18+,19-,20-/m1/s1. The van der Waals surface area contributed by atoms with Crippen LogP contribution in [-0.2, 0) is 24.2 Å². The Bertz CT molecular complexity index is 1130. The third kappa shape index (κ3) is 3.82. The summed E-state index contributed by atoms with van der Waals surface area (Å²) in [5.74, 6) is -0.401. The first-order chi connectivity index (χ1) is 15.4. The Morgan fingerprint density at radius 3 is 2.53 bits per heavy atom. The fraction of sp³-hybridized carbons (Fsp3) is 0.450. The largest absolute Gasteiger partial charge is 0.388 e. The molecule has 3 N–H and O–H groups in total. The third-order valence-electron chi connectivity index (χ3n) is 5.85. The van der Waals surface area contributed by atoms with Gasteiger partial charge in [0.2, 0.25) is 0 Å². The van der Waals surface area contributed by atoms with E-state index in [1.54, 1.807) is 35.1 Å². The van der Waals surface area contributed by atoms with E-state index < -0.39 is 36.3 Å². The Kier molecular flexibility index (Phi) is 5.51. The van der Waals surface area contributed by atoms with Crippen molar-refractivity contribution in [2.45, 2.75) is 56.5 Å². The average Bonchev–Trinajstić information content (AvgIpc) is 3.41. The molecule has 0 radical (unpaired) electrons. The summed E-state index contributed by atoms with van der Waals surface area (Å²) in [6, 6.07) is 6.97. The van der Waals surface area contributed by atoms with Crippen molar-refractivity contribution in [3.63, 3.8) is 0 Å². The van der Waals surface area contributed by atoms with Crippen LogP contribution in [-0.4, -0.2) is 81.6 Å². The molecule has 2 aliphatic heterocycles. The minimum atomic E-state index is -1.48. The molecule has 1 fully saturated rings. The van der Waals surface area contributed by atoms with Crippen molar-refractivity contribution < 1.29 is 24.9 Å². The second kappa shape index (κ2) is 8.34. The Morgan fingerprint density at radius 2 is 1.75 bits per heavy atom. The Morgan fingerprint density at radius 1 is 1.00 bits per heavy atom. The molecule has 6 bridgehead atoms. The lowest BCUT2D eigenvalue weighted by Crippen LogP contribution is -2.58.